The molecule has 0 spiro atoms. The normalized spacial score (nSPS) is 17.2. The Morgan fingerprint density at radius 3 is 2.59 bits per heavy atom. The van der Waals surface area contributed by atoms with E-state index in [1.807, 2.05) is 6.07 Å². The van der Waals surface area contributed by atoms with Crippen LogP contribution < -0.4 is 14.2 Å². The second-order valence-corrected chi connectivity index (χ2v) is 11.7. The number of fused-ring (bicyclic) bond motifs is 2. The molecule has 6 rings (SSSR count). The van der Waals surface area contributed by atoms with Crippen LogP contribution in [0.1, 0.15) is 55.4 Å². The Morgan fingerprint density at radius 2 is 1.86 bits per heavy atom. The minimum absolute atomic E-state index is 0.123. The van der Waals surface area contributed by atoms with Crippen LogP contribution in [0.2, 0.25) is 0 Å². The predicted octanol–water partition coefficient (Wildman–Crippen LogP) is 6.64. The summed E-state index contributed by atoms with van der Waals surface area (Å²) >= 11 is 0. The van der Waals surface area contributed by atoms with Crippen LogP contribution in [0, 0.1) is 17.5 Å². The van der Waals surface area contributed by atoms with Crippen LogP contribution in [0.4, 0.5) is 13.2 Å². The lowest BCUT2D eigenvalue weighted by atomic mass is 9.98. The summed E-state index contributed by atoms with van der Waals surface area (Å²) in [4.78, 5) is 11.7. The molecular weight excluding hydrogens is 577 g/mol. The van der Waals surface area contributed by atoms with E-state index in [0.29, 0.717) is 42.1 Å². The number of aromatic nitrogens is 2. The molecule has 0 fully saturated rings. The second kappa shape index (κ2) is 11.5. The Hall–Kier alpha value is -4.51. The number of halogens is 3. The van der Waals surface area contributed by atoms with Gasteiger partial charge in [0.1, 0.15) is 29.2 Å². The van der Waals surface area contributed by atoms with Gasteiger partial charge in [-0.25, -0.2) is 13.2 Å². The third-order valence-electron chi connectivity index (χ3n) is 7.75. The molecule has 3 aromatic carbocycles. The summed E-state index contributed by atoms with van der Waals surface area (Å²) in [6.07, 6.45) is 3.39. The van der Waals surface area contributed by atoms with Crippen LogP contribution in [-0.2, 0) is 22.5 Å². The minimum Gasteiger partial charge on any atom is -0.492 e. The monoisotopic (exact) mass is 608 g/mol. The lowest BCUT2D eigenvalue weighted by molar-refractivity contribution is -0.141. The van der Waals surface area contributed by atoms with Gasteiger partial charge in [-0.1, -0.05) is 6.07 Å². The summed E-state index contributed by atoms with van der Waals surface area (Å²) in [5, 5.41) is 14.2. The molecule has 4 aromatic rings. The molecule has 0 unspecified atom stereocenters. The zero-order chi connectivity index (χ0) is 31.2. The molecule has 8 nitrogen and oxygen atoms in total. The van der Waals surface area contributed by atoms with Crippen molar-refractivity contribution in [2.45, 2.75) is 57.3 Å². The molecule has 0 radical (unpaired) electrons. The highest BCUT2D eigenvalue weighted by molar-refractivity contribution is 5.71. The van der Waals surface area contributed by atoms with Crippen molar-refractivity contribution in [2.75, 3.05) is 13.7 Å². The maximum Gasteiger partial charge on any atom is 0.306 e. The van der Waals surface area contributed by atoms with Crippen LogP contribution in [0.3, 0.4) is 0 Å². The summed E-state index contributed by atoms with van der Waals surface area (Å²) in [5.41, 5.74) is 1.32. The molecule has 0 saturated heterocycles. The molecule has 2 atom stereocenters. The van der Waals surface area contributed by atoms with Gasteiger partial charge in [0.2, 0.25) is 0 Å². The molecule has 230 valence electrons. The Labute approximate surface area is 251 Å². The lowest BCUT2D eigenvalue weighted by Gasteiger charge is -2.18. The average molecular weight is 609 g/mol. The highest BCUT2D eigenvalue weighted by Crippen LogP contribution is 2.45. The van der Waals surface area contributed by atoms with Crippen molar-refractivity contribution in [3.8, 4) is 34.1 Å². The number of nitrogens with zero attached hydrogens (tertiary/aromatic N) is 2. The summed E-state index contributed by atoms with van der Waals surface area (Å²) in [5.74, 6) is -2.23. The van der Waals surface area contributed by atoms with E-state index in [4.69, 9.17) is 18.9 Å². The van der Waals surface area contributed by atoms with E-state index in [0.717, 1.165) is 17.7 Å². The third kappa shape index (κ3) is 5.96. The van der Waals surface area contributed by atoms with Crippen LogP contribution in [0.15, 0.2) is 54.9 Å². The van der Waals surface area contributed by atoms with Crippen molar-refractivity contribution < 1.29 is 42.0 Å². The Morgan fingerprint density at radius 1 is 1.09 bits per heavy atom. The van der Waals surface area contributed by atoms with Crippen LogP contribution in [0.25, 0.3) is 11.1 Å². The number of aliphatic hydroxyl groups is 1. The fourth-order valence-electron chi connectivity index (χ4n) is 5.73. The van der Waals surface area contributed by atoms with Crippen LogP contribution >= 0.6 is 0 Å². The third-order valence-corrected chi connectivity index (χ3v) is 7.75. The summed E-state index contributed by atoms with van der Waals surface area (Å²) < 4.78 is 69.4. The second-order valence-electron chi connectivity index (χ2n) is 11.7. The van der Waals surface area contributed by atoms with Gasteiger partial charge in [-0.15, -0.1) is 0 Å². The molecule has 2 aliphatic rings. The zero-order valence-corrected chi connectivity index (χ0v) is 24.4. The van der Waals surface area contributed by atoms with Crippen molar-refractivity contribution >= 4 is 5.97 Å². The molecule has 0 bridgehead atoms. The van der Waals surface area contributed by atoms with Gasteiger partial charge in [-0.05, 0) is 62.6 Å². The number of rotatable bonds is 9. The number of hydrogen-bond donors (Lipinski definition) is 1. The van der Waals surface area contributed by atoms with Crippen molar-refractivity contribution in [3.05, 3.63) is 89.0 Å². The maximum atomic E-state index is 15.2. The average Bonchev–Trinajstić information content (AvgIpc) is 3.70. The predicted molar refractivity (Wildman–Crippen MR) is 153 cm³/mol. The molecule has 0 saturated carbocycles. The van der Waals surface area contributed by atoms with Gasteiger partial charge < -0.3 is 24.1 Å². The lowest BCUT2D eigenvalue weighted by Crippen LogP contribution is -2.26. The Bertz CT molecular complexity index is 1710. The quantitative estimate of drug-likeness (QED) is 0.213. The molecule has 1 N–H and O–H groups in total. The Kier molecular flexibility index (Phi) is 7.75. The first-order valence-corrected chi connectivity index (χ1v) is 14.2. The number of methoxy groups -OCH3 is 1. The number of carbonyl (C=O) groups is 1. The minimum atomic E-state index is -1.01. The highest BCUT2D eigenvalue weighted by Gasteiger charge is 2.33. The SMILES string of the molecule is COC(=O)C[C@@H]1COc2cc(O[C@@H]3CCc4c(Oc5c(F)cc(-c6cnn(CC(C)(C)O)c6)cc5F)ccc(F)c43)ccc21. The standard InChI is InChI=1S/C33H31F3N2O6/c1-33(2,40)17-38-15-20(14-37-38)18-10-25(35)32(26(36)11-18)44-27-9-7-24(34)31-23(27)6-8-28(31)43-21-4-5-22-19(12-30(39)41-3)16-42-29(22)13-21/h4-5,7,9-11,13-15,19,28,40H,6,8,12,16-17H2,1-3H3/t19-,28-/m1/s1. The van der Waals surface area contributed by atoms with Gasteiger partial charge in [-0.3, -0.25) is 9.48 Å². The Balaban J connectivity index is 1.20. The van der Waals surface area contributed by atoms with Gasteiger partial charge in [0.15, 0.2) is 17.4 Å². The van der Waals surface area contributed by atoms with Crippen molar-refractivity contribution in [3.63, 3.8) is 0 Å². The van der Waals surface area contributed by atoms with Crippen molar-refractivity contribution in [1.29, 1.82) is 0 Å². The van der Waals surface area contributed by atoms with Gasteiger partial charge in [-0.2, -0.15) is 5.10 Å². The highest BCUT2D eigenvalue weighted by atomic mass is 19.1. The maximum absolute atomic E-state index is 15.2. The molecule has 44 heavy (non-hydrogen) atoms. The molecule has 0 amide bonds. The van der Waals surface area contributed by atoms with Gasteiger partial charge >= 0.3 is 5.97 Å². The molecule has 1 aliphatic carbocycles. The molecule has 11 heteroatoms. The fourth-order valence-corrected chi connectivity index (χ4v) is 5.73. The summed E-state index contributed by atoms with van der Waals surface area (Å²) in [6, 6.07) is 10.1. The van der Waals surface area contributed by atoms with Crippen molar-refractivity contribution in [2.24, 2.45) is 0 Å². The van der Waals surface area contributed by atoms with Crippen LogP contribution in [0.5, 0.6) is 23.0 Å². The molecule has 1 aromatic heterocycles. The van der Waals surface area contributed by atoms with E-state index in [9.17, 15) is 9.90 Å². The van der Waals surface area contributed by atoms with Crippen molar-refractivity contribution in [1.82, 2.24) is 9.78 Å². The molecular formula is C33H31F3N2O6. The van der Waals surface area contributed by atoms with Gasteiger partial charge in [0, 0.05) is 40.4 Å². The number of esters is 1. The largest absolute Gasteiger partial charge is 0.492 e. The van der Waals surface area contributed by atoms with E-state index in [-0.39, 0.29) is 41.7 Å². The number of benzene rings is 3. The molecule has 2 heterocycles. The van der Waals surface area contributed by atoms with Gasteiger partial charge in [0.05, 0.1) is 38.5 Å². The van der Waals surface area contributed by atoms with E-state index < -0.39 is 34.9 Å². The topological polar surface area (TPSA) is 92.0 Å². The fraction of sp³-hybridized carbons (Fsp3) is 0.333. The number of carbonyl (C=O) groups excluding carboxylic acids is 1. The first kappa shape index (κ1) is 29.6. The summed E-state index contributed by atoms with van der Waals surface area (Å²) in [6.45, 7) is 3.81. The first-order valence-electron chi connectivity index (χ1n) is 14.2. The van der Waals surface area contributed by atoms with E-state index in [1.165, 1.54) is 30.1 Å². The smallest absolute Gasteiger partial charge is 0.306 e. The van der Waals surface area contributed by atoms with E-state index in [2.05, 4.69) is 5.10 Å². The van der Waals surface area contributed by atoms with E-state index >= 15 is 13.2 Å². The summed E-state index contributed by atoms with van der Waals surface area (Å²) in [7, 11) is 1.34. The molecule has 1 aliphatic heterocycles. The number of ether oxygens (including phenoxy) is 4. The van der Waals surface area contributed by atoms with Crippen LogP contribution in [-0.4, -0.2) is 40.2 Å². The first-order chi connectivity index (χ1) is 21.0. The zero-order valence-electron chi connectivity index (χ0n) is 24.4. The number of hydrogen-bond acceptors (Lipinski definition) is 7. The van der Waals surface area contributed by atoms with Gasteiger partial charge in [0.25, 0.3) is 0 Å². The van der Waals surface area contributed by atoms with E-state index in [1.54, 1.807) is 32.2 Å².